The van der Waals surface area contributed by atoms with E-state index in [-0.39, 0.29) is 29.3 Å². The van der Waals surface area contributed by atoms with Crippen LogP contribution in [0, 0.1) is 23.2 Å². The maximum atomic E-state index is 14.2. The van der Waals surface area contributed by atoms with E-state index in [1.165, 1.54) is 10.1 Å². The van der Waals surface area contributed by atoms with Gasteiger partial charge in [-0.05, 0) is 111 Å². The molecule has 2 heterocycles. The summed E-state index contributed by atoms with van der Waals surface area (Å²) >= 11 is 0. The van der Waals surface area contributed by atoms with E-state index in [1.807, 2.05) is 39.0 Å². The zero-order chi connectivity index (χ0) is 30.8. The third kappa shape index (κ3) is 5.13. The fourth-order valence-electron chi connectivity index (χ4n) is 9.31. The first kappa shape index (κ1) is 30.4. The highest BCUT2D eigenvalue weighted by molar-refractivity contribution is 5.37. The first-order chi connectivity index (χ1) is 20.3. The van der Waals surface area contributed by atoms with E-state index in [4.69, 9.17) is 0 Å². The van der Waals surface area contributed by atoms with Gasteiger partial charge < -0.3 is 15.3 Å². The van der Waals surface area contributed by atoms with Crippen LogP contribution in [0.2, 0.25) is 0 Å². The van der Waals surface area contributed by atoms with E-state index in [1.54, 1.807) is 21.5 Å². The molecular weight excluding hydrogens is 542 g/mol. The molecular formula is C35H49N3O5. The summed E-state index contributed by atoms with van der Waals surface area (Å²) < 4.78 is 4.61. The lowest BCUT2D eigenvalue weighted by Crippen LogP contribution is -2.46. The Morgan fingerprint density at radius 3 is 2.44 bits per heavy atom. The molecule has 0 radical (unpaired) electrons. The largest absolute Gasteiger partial charge is 0.393 e. The molecule has 1 aromatic heterocycles. The lowest BCUT2D eigenvalue weighted by Gasteiger charge is -2.49. The molecule has 3 aliphatic carbocycles. The van der Waals surface area contributed by atoms with Crippen molar-refractivity contribution in [2.75, 3.05) is 0 Å². The van der Waals surface area contributed by atoms with Crippen LogP contribution < -0.4 is 11.4 Å². The number of fused-ring (bicyclic) bond motifs is 5. The molecule has 234 valence electrons. The number of rotatable bonds is 7. The average molecular weight is 592 g/mol. The minimum atomic E-state index is -0.779. The summed E-state index contributed by atoms with van der Waals surface area (Å²) in [6.07, 6.45) is 8.24. The SMILES string of the molecule is CC1=C(C2C=C3[C@@H](CC[C@@]4(C)[C@H]3CC[C@H]4[C@@H](C)CCCC(C)(C)O)n3c(=O)n(-c4ccccc4)c(=O)n32)C[C@H](O)C[C@H]1O. The molecule has 2 saturated carbocycles. The molecule has 2 aromatic rings. The minimum absolute atomic E-state index is 0.0874. The van der Waals surface area contributed by atoms with Crippen LogP contribution in [-0.2, 0) is 0 Å². The Labute approximate surface area is 254 Å². The first-order valence-corrected chi connectivity index (χ1v) is 16.3. The standard InChI is InChI=1S/C35H49N3O5/c1-21(10-9-16-34(3,4)43)27-13-14-28-26-20-30(25-18-24(39)19-31(40)22(25)2)38-33(42)36(23-11-7-6-8-12-23)32(41)37(38)29(26)15-17-35(27,28)5/h6-8,11-12,20-21,24,27-31,39-40,43H,9-10,13-19H2,1-5H3/t21-,24-,27-,28-,29+,30?,31+,35+/m0/s1. The Bertz CT molecular complexity index is 1540. The Balaban J connectivity index is 1.44. The quantitative estimate of drug-likeness (QED) is 0.390. The third-order valence-corrected chi connectivity index (χ3v) is 11.5. The van der Waals surface area contributed by atoms with Gasteiger partial charge in [0.25, 0.3) is 0 Å². The normalized spacial score (nSPS) is 33.1. The lowest BCUT2D eigenvalue weighted by atomic mass is 9.59. The van der Waals surface area contributed by atoms with Crippen molar-refractivity contribution in [3.05, 3.63) is 74.1 Å². The predicted molar refractivity (Wildman–Crippen MR) is 167 cm³/mol. The van der Waals surface area contributed by atoms with Crippen molar-refractivity contribution in [1.29, 1.82) is 0 Å². The topological polar surface area (TPSA) is 110 Å². The molecule has 43 heavy (non-hydrogen) atoms. The van der Waals surface area contributed by atoms with Gasteiger partial charge in [-0.2, -0.15) is 0 Å². The van der Waals surface area contributed by atoms with Crippen LogP contribution >= 0.6 is 0 Å². The summed E-state index contributed by atoms with van der Waals surface area (Å²) in [6.45, 7) is 10.5. The van der Waals surface area contributed by atoms with Gasteiger partial charge in [-0.1, -0.05) is 51.0 Å². The average Bonchev–Trinajstić information content (AvgIpc) is 3.43. The van der Waals surface area contributed by atoms with Crippen LogP contribution in [0.15, 0.2) is 62.7 Å². The number of aromatic nitrogens is 3. The molecule has 1 aromatic carbocycles. The molecule has 0 amide bonds. The maximum Gasteiger partial charge on any atom is 0.352 e. The number of hydrogen-bond donors (Lipinski definition) is 3. The van der Waals surface area contributed by atoms with Crippen LogP contribution in [0.1, 0.15) is 104 Å². The van der Waals surface area contributed by atoms with Crippen LogP contribution in [0.5, 0.6) is 0 Å². The van der Waals surface area contributed by atoms with Crippen molar-refractivity contribution < 1.29 is 15.3 Å². The van der Waals surface area contributed by atoms with Gasteiger partial charge in [-0.3, -0.25) is 0 Å². The number of benzene rings is 1. The van der Waals surface area contributed by atoms with Crippen molar-refractivity contribution in [3.63, 3.8) is 0 Å². The number of hydrogen-bond acceptors (Lipinski definition) is 5. The third-order valence-electron chi connectivity index (χ3n) is 11.5. The molecule has 0 saturated heterocycles. The highest BCUT2D eigenvalue weighted by atomic mass is 16.3. The number of allylic oxidation sites excluding steroid dienone is 2. The Morgan fingerprint density at radius 1 is 1.05 bits per heavy atom. The zero-order valence-corrected chi connectivity index (χ0v) is 26.4. The number of aliphatic hydroxyl groups excluding tert-OH is 2. The van der Waals surface area contributed by atoms with Crippen LogP contribution in [0.3, 0.4) is 0 Å². The second-order valence-corrected chi connectivity index (χ2v) is 14.8. The van der Waals surface area contributed by atoms with Gasteiger partial charge in [0.15, 0.2) is 0 Å². The summed E-state index contributed by atoms with van der Waals surface area (Å²) in [6, 6.07) is 8.38. The zero-order valence-electron chi connectivity index (χ0n) is 26.4. The van der Waals surface area contributed by atoms with Gasteiger partial charge in [-0.25, -0.2) is 23.5 Å². The fourth-order valence-corrected chi connectivity index (χ4v) is 9.31. The van der Waals surface area contributed by atoms with Crippen molar-refractivity contribution in [1.82, 2.24) is 13.9 Å². The van der Waals surface area contributed by atoms with E-state index in [9.17, 15) is 24.9 Å². The second kappa shape index (κ2) is 11.0. The first-order valence-electron chi connectivity index (χ1n) is 16.3. The molecule has 8 heteroatoms. The van der Waals surface area contributed by atoms with E-state index in [0.717, 1.165) is 56.1 Å². The van der Waals surface area contributed by atoms with Crippen LogP contribution in [0.25, 0.3) is 5.69 Å². The van der Waals surface area contributed by atoms with E-state index >= 15 is 0 Å². The molecule has 2 fully saturated rings. The fraction of sp³-hybridized carbons (Fsp3) is 0.657. The van der Waals surface area contributed by atoms with Gasteiger partial charge in [-0.15, -0.1) is 0 Å². The summed E-state index contributed by atoms with van der Waals surface area (Å²) in [5.74, 6) is 1.38. The monoisotopic (exact) mass is 591 g/mol. The van der Waals surface area contributed by atoms with Crippen LogP contribution in [0.4, 0.5) is 0 Å². The summed E-state index contributed by atoms with van der Waals surface area (Å²) in [7, 11) is 0. The molecule has 8 nitrogen and oxygen atoms in total. The molecule has 8 atom stereocenters. The lowest BCUT2D eigenvalue weighted by molar-refractivity contribution is 0.0538. The Morgan fingerprint density at radius 2 is 1.74 bits per heavy atom. The number of para-hydroxylation sites is 1. The molecule has 0 spiro atoms. The van der Waals surface area contributed by atoms with Gasteiger partial charge in [0.2, 0.25) is 0 Å². The van der Waals surface area contributed by atoms with Gasteiger partial charge in [0.05, 0.1) is 35.6 Å². The highest BCUT2D eigenvalue weighted by Gasteiger charge is 2.55. The number of nitrogens with zero attached hydrogens (tertiary/aromatic N) is 3. The molecule has 4 aliphatic rings. The van der Waals surface area contributed by atoms with E-state index in [0.29, 0.717) is 29.9 Å². The highest BCUT2D eigenvalue weighted by Crippen LogP contribution is 2.62. The van der Waals surface area contributed by atoms with Crippen molar-refractivity contribution in [3.8, 4) is 5.69 Å². The predicted octanol–water partition coefficient (Wildman–Crippen LogP) is 5.06. The van der Waals surface area contributed by atoms with Crippen molar-refractivity contribution >= 4 is 0 Å². The minimum Gasteiger partial charge on any atom is -0.393 e. The summed E-state index contributed by atoms with van der Waals surface area (Å²) in [4.78, 5) is 28.4. The molecule has 0 bridgehead atoms. The van der Waals surface area contributed by atoms with E-state index < -0.39 is 23.9 Å². The molecule has 1 aliphatic heterocycles. The Kier molecular flexibility index (Phi) is 7.79. The van der Waals surface area contributed by atoms with Crippen molar-refractivity contribution in [2.45, 2.75) is 122 Å². The van der Waals surface area contributed by atoms with Gasteiger partial charge in [0, 0.05) is 6.42 Å². The second-order valence-electron chi connectivity index (χ2n) is 14.8. The maximum absolute atomic E-state index is 14.2. The molecule has 3 N–H and O–H groups in total. The molecule has 1 unspecified atom stereocenters. The smallest absolute Gasteiger partial charge is 0.352 e. The number of aliphatic hydroxyl groups is 3. The van der Waals surface area contributed by atoms with Gasteiger partial charge >= 0.3 is 11.4 Å². The van der Waals surface area contributed by atoms with E-state index in [2.05, 4.69) is 19.9 Å². The van der Waals surface area contributed by atoms with Crippen molar-refractivity contribution in [2.24, 2.45) is 23.2 Å². The molecule has 6 rings (SSSR count). The summed E-state index contributed by atoms with van der Waals surface area (Å²) in [5, 5.41) is 31.8. The van der Waals surface area contributed by atoms with Gasteiger partial charge in [0.1, 0.15) is 0 Å². The summed E-state index contributed by atoms with van der Waals surface area (Å²) in [5.41, 5.74) is 2.13. The Hall–Kier alpha value is -2.68. The van der Waals surface area contributed by atoms with Crippen LogP contribution in [-0.4, -0.2) is 47.1 Å².